The highest BCUT2D eigenvalue weighted by Gasteiger charge is 2.29. The summed E-state index contributed by atoms with van der Waals surface area (Å²) in [7, 11) is 0. The van der Waals surface area contributed by atoms with E-state index in [1.165, 1.54) is 0 Å². The number of nitrogens with one attached hydrogen (secondary N) is 1. The fourth-order valence-corrected chi connectivity index (χ4v) is 5.10. The first-order valence-electron chi connectivity index (χ1n) is 12.8. The number of carbonyl (C=O) groups excluding carboxylic acids is 3. The zero-order valence-electron chi connectivity index (χ0n) is 20.5. The third kappa shape index (κ3) is 5.04. The van der Waals surface area contributed by atoms with Crippen LogP contribution in [-0.4, -0.2) is 66.8 Å². The second-order valence-electron chi connectivity index (χ2n) is 9.99. The minimum Gasteiger partial charge on any atom is -0.367 e. The molecule has 1 saturated carbocycles. The van der Waals surface area contributed by atoms with Crippen LogP contribution in [-0.2, 0) is 4.79 Å². The molecule has 2 aromatic carbocycles. The van der Waals surface area contributed by atoms with E-state index in [-0.39, 0.29) is 23.6 Å². The van der Waals surface area contributed by atoms with Gasteiger partial charge >= 0.3 is 0 Å². The Morgan fingerprint density at radius 3 is 2.06 bits per heavy atom. The Bertz CT molecular complexity index is 1100. The van der Waals surface area contributed by atoms with E-state index < -0.39 is 0 Å². The van der Waals surface area contributed by atoms with Crippen molar-refractivity contribution < 1.29 is 14.4 Å². The van der Waals surface area contributed by atoms with Gasteiger partial charge in [-0.15, -0.1) is 0 Å². The van der Waals surface area contributed by atoms with E-state index in [9.17, 15) is 14.4 Å². The molecule has 35 heavy (non-hydrogen) atoms. The number of carbonyl (C=O) groups is 3. The number of benzene rings is 2. The summed E-state index contributed by atoms with van der Waals surface area (Å²) >= 11 is 0. The van der Waals surface area contributed by atoms with Crippen LogP contribution in [0.4, 0.5) is 11.4 Å². The smallest absolute Gasteiger partial charge is 0.256 e. The first-order chi connectivity index (χ1) is 17.0. The average Bonchev–Trinajstić information content (AvgIpc) is 3.38. The van der Waals surface area contributed by atoms with Crippen LogP contribution in [0.2, 0.25) is 0 Å². The summed E-state index contributed by atoms with van der Waals surface area (Å²) in [5, 5.41) is 3.02. The molecule has 0 atom stereocenters. The minimum absolute atomic E-state index is 0.0235. The van der Waals surface area contributed by atoms with Gasteiger partial charge in [0.05, 0.1) is 5.56 Å². The number of rotatable bonds is 5. The molecule has 0 aromatic heterocycles. The summed E-state index contributed by atoms with van der Waals surface area (Å²) in [6.07, 6.45) is 5.04. The van der Waals surface area contributed by atoms with Crippen molar-refractivity contribution >= 4 is 29.1 Å². The molecule has 0 unspecified atom stereocenters. The zero-order valence-corrected chi connectivity index (χ0v) is 20.5. The SMILES string of the molecule is Cc1ccc(C(=O)N2CCN(c3ccc(NC(=O)C4CCC4)cc3C(=O)N3CCCC3)CC2)cc1. The third-order valence-corrected chi connectivity index (χ3v) is 7.57. The van der Waals surface area contributed by atoms with E-state index in [2.05, 4.69) is 10.2 Å². The maximum absolute atomic E-state index is 13.5. The molecule has 3 amide bonds. The predicted molar refractivity (Wildman–Crippen MR) is 137 cm³/mol. The van der Waals surface area contributed by atoms with E-state index >= 15 is 0 Å². The van der Waals surface area contributed by atoms with Gasteiger partial charge in [0.25, 0.3) is 11.8 Å². The standard InChI is InChI=1S/C28H34N4O3/c1-20-7-9-22(10-8-20)27(34)32-17-15-30(16-18-32)25-12-11-23(29-26(33)21-5-4-6-21)19-24(25)28(35)31-13-2-3-14-31/h7-12,19,21H,2-6,13-18H2,1H3,(H,29,33). The quantitative estimate of drug-likeness (QED) is 0.713. The lowest BCUT2D eigenvalue weighted by atomic mass is 9.85. The molecule has 7 heteroatoms. The van der Waals surface area contributed by atoms with Crippen LogP contribution in [0.3, 0.4) is 0 Å². The molecule has 0 bridgehead atoms. The lowest BCUT2D eigenvalue weighted by molar-refractivity contribution is -0.122. The van der Waals surface area contributed by atoms with Crippen LogP contribution in [0.5, 0.6) is 0 Å². The van der Waals surface area contributed by atoms with Crippen LogP contribution < -0.4 is 10.2 Å². The molecule has 2 aromatic rings. The summed E-state index contributed by atoms with van der Waals surface area (Å²) < 4.78 is 0. The van der Waals surface area contributed by atoms with Crippen molar-refractivity contribution in [2.45, 2.75) is 39.0 Å². The van der Waals surface area contributed by atoms with Crippen LogP contribution in [0, 0.1) is 12.8 Å². The van der Waals surface area contributed by atoms with Gasteiger partial charge in [0.15, 0.2) is 0 Å². The van der Waals surface area contributed by atoms with Gasteiger partial charge in [-0.1, -0.05) is 24.1 Å². The summed E-state index contributed by atoms with van der Waals surface area (Å²) in [4.78, 5) is 44.9. The van der Waals surface area contributed by atoms with Gasteiger partial charge in [0, 0.05) is 62.1 Å². The van der Waals surface area contributed by atoms with Crippen LogP contribution in [0.25, 0.3) is 0 Å². The highest BCUT2D eigenvalue weighted by Crippen LogP contribution is 2.31. The van der Waals surface area contributed by atoms with E-state index in [4.69, 9.17) is 0 Å². The fraction of sp³-hybridized carbons (Fsp3) is 0.464. The van der Waals surface area contributed by atoms with E-state index in [0.29, 0.717) is 43.0 Å². The van der Waals surface area contributed by atoms with Crippen LogP contribution >= 0.6 is 0 Å². The second-order valence-corrected chi connectivity index (χ2v) is 9.99. The van der Waals surface area contributed by atoms with Crippen molar-refractivity contribution in [2.24, 2.45) is 5.92 Å². The monoisotopic (exact) mass is 474 g/mol. The Morgan fingerprint density at radius 1 is 0.771 bits per heavy atom. The molecule has 0 spiro atoms. The Labute approximate surface area is 207 Å². The Hall–Kier alpha value is -3.35. The molecule has 1 aliphatic carbocycles. The number of hydrogen-bond donors (Lipinski definition) is 1. The minimum atomic E-state index is 0.0235. The largest absolute Gasteiger partial charge is 0.367 e. The van der Waals surface area contributed by atoms with Gasteiger partial charge in [-0.3, -0.25) is 14.4 Å². The van der Waals surface area contributed by atoms with E-state index in [0.717, 1.165) is 56.4 Å². The topological polar surface area (TPSA) is 73.0 Å². The van der Waals surface area contributed by atoms with Gasteiger partial charge in [0.1, 0.15) is 0 Å². The van der Waals surface area contributed by atoms with Crippen LogP contribution in [0.1, 0.15) is 58.4 Å². The number of anilines is 2. The Kier molecular flexibility index (Phi) is 6.75. The molecule has 3 aliphatic rings. The lowest BCUT2D eigenvalue weighted by Gasteiger charge is -2.37. The number of likely N-dealkylation sites (tertiary alicyclic amines) is 1. The molecule has 7 nitrogen and oxygen atoms in total. The number of amides is 3. The zero-order chi connectivity index (χ0) is 24.4. The number of piperazine rings is 1. The molecule has 5 rings (SSSR count). The average molecular weight is 475 g/mol. The van der Waals surface area contributed by atoms with Crippen molar-refractivity contribution in [3.63, 3.8) is 0 Å². The maximum Gasteiger partial charge on any atom is 0.256 e. The van der Waals surface area contributed by atoms with Gasteiger partial charge in [-0.05, 0) is 62.9 Å². The molecular formula is C28H34N4O3. The van der Waals surface area contributed by atoms with Gasteiger partial charge in [-0.25, -0.2) is 0 Å². The van der Waals surface area contributed by atoms with E-state index in [1.807, 2.05) is 59.2 Å². The molecule has 184 valence electrons. The Morgan fingerprint density at radius 2 is 1.43 bits per heavy atom. The number of aryl methyl sites for hydroxylation is 1. The highest BCUT2D eigenvalue weighted by atomic mass is 16.2. The van der Waals surface area contributed by atoms with E-state index in [1.54, 1.807) is 0 Å². The molecule has 0 radical (unpaired) electrons. The third-order valence-electron chi connectivity index (χ3n) is 7.57. The summed E-state index contributed by atoms with van der Waals surface area (Å²) in [5.41, 5.74) is 4.04. The maximum atomic E-state index is 13.5. The molecule has 2 aliphatic heterocycles. The number of hydrogen-bond acceptors (Lipinski definition) is 4. The highest BCUT2D eigenvalue weighted by molar-refractivity contribution is 6.02. The molecule has 2 heterocycles. The molecule has 2 saturated heterocycles. The van der Waals surface area contributed by atoms with Crippen LogP contribution in [0.15, 0.2) is 42.5 Å². The Balaban J connectivity index is 1.32. The van der Waals surface area contributed by atoms with Crippen molar-refractivity contribution in [1.29, 1.82) is 0 Å². The number of nitrogens with zero attached hydrogens (tertiary/aromatic N) is 3. The fourth-order valence-electron chi connectivity index (χ4n) is 5.10. The molecule has 1 N–H and O–H groups in total. The summed E-state index contributed by atoms with van der Waals surface area (Å²) in [6.45, 7) is 6.08. The molecule has 3 fully saturated rings. The summed E-state index contributed by atoms with van der Waals surface area (Å²) in [6, 6.07) is 13.4. The van der Waals surface area contributed by atoms with Crippen molar-refractivity contribution in [2.75, 3.05) is 49.5 Å². The first kappa shape index (κ1) is 23.4. The van der Waals surface area contributed by atoms with Crippen molar-refractivity contribution in [3.05, 3.63) is 59.2 Å². The predicted octanol–water partition coefficient (Wildman–Crippen LogP) is 3.93. The second kappa shape index (κ2) is 10.1. The molecular weight excluding hydrogens is 440 g/mol. The first-order valence-corrected chi connectivity index (χ1v) is 12.8. The normalized spacial score (nSPS) is 18.4. The van der Waals surface area contributed by atoms with Crippen molar-refractivity contribution in [3.8, 4) is 0 Å². The van der Waals surface area contributed by atoms with Gasteiger partial charge in [-0.2, -0.15) is 0 Å². The lowest BCUT2D eigenvalue weighted by Crippen LogP contribution is -2.49. The van der Waals surface area contributed by atoms with Gasteiger partial charge < -0.3 is 20.0 Å². The van der Waals surface area contributed by atoms with Crippen molar-refractivity contribution in [1.82, 2.24) is 9.80 Å². The van der Waals surface area contributed by atoms with Gasteiger partial charge in [0.2, 0.25) is 5.91 Å². The summed E-state index contributed by atoms with van der Waals surface area (Å²) in [5.74, 6) is 0.209.